The van der Waals surface area contributed by atoms with Gasteiger partial charge in [0, 0.05) is 54.6 Å². The highest BCUT2D eigenvalue weighted by molar-refractivity contribution is 7.15. The van der Waals surface area contributed by atoms with Crippen LogP contribution in [0, 0.1) is 0 Å². The number of piperidine rings is 1. The highest BCUT2D eigenvalue weighted by atomic mass is 32.1. The first-order valence-electron chi connectivity index (χ1n) is 13.5. The predicted octanol–water partition coefficient (Wildman–Crippen LogP) is 2.97. The number of ether oxygens (including phenoxy) is 1. The van der Waals surface area contributed by atoms with E-state index in [1.165, 1.54) is 29.3 Å². The van der Waals surface area contributed by atoms with E-state index >= 15 is 0 Å². The van der Waals surface area contributed by atoms with Gasteiger partial charge in [-0.05, 0) is 37.9 Å². The molecule has 2 aliphatic rings. The molecule has 218 valence electrons. The zero-order valence-corrected chi connectivity index (χ0v) is 23.3. The standard InChI is InChI=1S/C26H30F3N9O2S/c1-40-19-10-17(13-38-24(19)32-15-33-38)22-18(11-26(27,28)29)23(35-34-22)25-31-12-20(41-25)16-2-5-36(6-3-16)8-9-37-7-4-30-21(39)14-37/h10,12-13,15-16H,2-9,11,14H2,1H3,(H,30,39)(H,34,35). The summed E-state index contributed by atoms with van der Waals surface area (Å²) in [6, 6.07) is 1.62. The molecule has 6 rings (SSSR count). The highest BCUT2D eigenvalue weighted by Crippen LogP contribution is 2.40. The number of carbonyl (C=O) groups is 1. The molecule has 41 heavy (non-hydrogen) atoms. The molecule has 11 nitrogen and oxygen atoms in total. The first-order chi connectivity index (χ1) is 19.8. The van der Waals surface area contributed by atoms with Gasteiger partial charge in [0.2, 0.25) is 5.91 Å². The summed E-state index contributed by atoms with van der Waals surface area (Å²) in [4.78, 5) is 25.9. The summed E-state index contributed by atoms with van der Waals surface area (Å²) >= 11 is 1.42. The molecule has 0 unspecified atom stereocenters. The summed E-state index contributed by atoms with van der Waals surface area (Å²) in [6.07, 6.45) is 1.02. The van der Waals surface area contributed by atoms with Crippen molar-refractivity contribution in [2.45, 2.75) is 31.4 Å². The van der Waals surface area contributed by atoms with Gasteiger partial charge in [0.15, 0.2) is 11.4 Å². The van der Waals surface area contributed by atoms with Gasteiger partial charge in [-0.25, -0.2) is 14.5 Å². The van der Waals surface area contributed by atoms with Crippen molar-refractivity contribution in [2.75, 3.05) is 52.9 Å². The van der Waals surface area contributed by atoms with Crippen LogP contribution >= 0.6 is 11.3 Å². The number of likely N-dealkylation sites (tertiary alicyclic amines) is 1. The number of pyridine rings is 1. The van der Waals surface area contributed by atoms with Crippen molar-refractivity contribution in [2.24, 2.45) is 0 Å². The molecule has 6 heterocycles. The van der Waals surface area contributed by atoms with Crippen molar-refractivity contribution in [1.29, 1.82) is 0 Å². The normalized spacial score (nSPS) is 17.8. The minimum absolute atomic E-state index is 0.0288. The number of nitrogens with zero attached hydrogens (tertiary/aromatic N) is 7. The Bertz CT molecular complexity index is 1520. The second-order valence-electron chi connectivity index (χ2n) is 10.4. The van der Waals surface area contributed by atoms with Crippen LogP contribution < -0.4 is 10.1 Å². The van der Waals surface area contributed by atoms with Crippen LogP contribution in [0.1, 0.15) is 29.2 Å². The molecule has 0 radical (unpaired) electrons. The molecule has 2 saturated heterocycles. The Labute approximate surface area is 237 Å². The molecule has 2 fully saturated rings. The van der Waals surface area contributed by atoms with E-state index < -0.39 is 12.6 Å². The highest BCUT2D eigenvalue weighted by Gasteiger charge is 2.34. The number of alkyl halides is 3. The fraction of sp³-hybridized carbons (Fsp3) is 0.500. The number of piperazine rings is 1. The zero-order chi connectivity index (χ0) is 28.6. The van der Waals surface area contributed by atoms with Gasteiger partial charge in [-0.3, -0.25) is 14.8 Å². The third-order valence-electron chi connectivity index (χ3n) is 7.66. The molecule has 0 aromatic carbocycles. The molecule has 4 aromatic rings. The number of H-pyrrole nitrogens is 1. The maximum Gasteiger partial charge on any atom is 0.393 e. The number of rotatable bonds is 8. The van der Waals surface area contributed by atoms with E-state index in [1.807, 2.05) is 0 Å². The van der Waals surface area contributed by atoms with Crippen LogP contribution in [0.4, 0.5) is 13.2 Å². The van der Waals surface area contributed by atoms with Crippen LogP contribution in [0.2, 0.25) is 0 Å². The second kappa shape index (κ2) is 11.4. The summed E-state index contributed by atoms with van der Waals surface area (Å²) in [5, 5.41) is 14.6. The number of aromatic nitrogens is 6. The van der Waals surface area contributed by atoms with E-state index in [0.29, 0.717) is 41.0 Å². The average Bonchev–Trinajstić information content (AvgIpc) is 3.71. The Morgan fingerprint density at radius 2 is 1.95 bits per heavy atom. The second-order valence-corrected chi connectivity index (χ2v) is 11.4. The maximum absolute atomic E-state index is 13.8. The van der Waals surface area contributed by atoms with Crippen molar-refractivity contribution in [3.63, 3.8) is 0 Å². The molecule has 15 heteroatoms. The number of hydrogen-bond donors (Lipinski definition) is 2. The van der Waals surface area contributed by atoms with Crippen LogP contribution in [-0.2, 0) is 11.2 Å². The van der Waals surface area contributed by atoms with E-state index in [-0.39, 0.29) is 22.9 Å². The van der Waals surface area contributed by atoms with Gasteiger partial charge in [-0.2, -0.15) is 23.4 Å². The molecular formula is C26H30F3N9O2S. The Hall–Kier alpha value is -3.56. The van der Waals surface area contributed by atoms with Crippen LogP contribution in [0.25, 0.3) is 27.6 Å². The molecule has 4 aromatic heterocycles. The number of nitrogens with one attached hydrogen (secondary N) is 2. The van der Waals surface area contributed by atoms with Gasteiger partial charge in [-0.15, -0.1) is 11.3 Å². The van der Waals surface area contributed by atoms with Crippen LogP contribution in [0.15, 0.2) is 24.8 Å². The summed E-state index contributed by atoms with van der Waals surface area (Å²) in [5.74, 6) is 0.757. The largest absolute Gasteiger partial charge is 0.493 e. The minimum atomic E-state index is -4.44. The van der Waals surface area contributed by atoms with Crippen molar-refractivity contribution in [3.05, 3.63) is 35.2 Å². The van der Waals surface area contributed by atoms with E-state index in [4.69, 9.17) is 4.74 Å². The molecule has 1 amide bonds. The lowest BCUT2D eigenvalue weighted by Gasteiger charge is -2.34. The Kier molecular flexibility index (Phi) is 7.66. The van der Waals surface area contributed by atoms with E-state index in [9.17, 15) is 18.0 Å². The van der Waals surface area contributed by atoms with Crippen molar-refractivity contribution >= 4 is 22.9 Å². The predicted molar refractivity (Wildman–Crippen MR) is 146 cm³/mol. The van der Waals surface area contributed by atoms with E-state index in [2.05, 4.69) is 40.4 Å². The van der Waals surface area contributed by atoms with E-state index in [0.717, 1.165) is 50.4 Å². The molecule has 2 N–H and O–H groups in total. The van der Waals surface area contributed by atoms with Gasteiger partial charge in [0.05, 0.1) is 31.5 Å². The lowest BCUT2D eigenvalue weighted by Crippen LogP contribution is -2.50. The van der Waals surface area contributed by atoms with Gasteiger partial charge in [0.25, 0.3) is 0 Å². The number of carbonyl (C=O) groups excluding carboxylic acids is 1. The van der Waals surface area contributed by atoms with Crippen LogP contribution in [0.3, 0.4) is 0 Å². The molecular weight excluding hydrogens is 559 g/mol. The number of methoxy groups -OCH3 is 1. The number of fused-ring (bicyclic) bond motifs is 1. The van der Waals surface area contributed by atoms with Crippen LogP contribution in [-0.4, -0.2) is 105 Å². The Morgan fingerprint density at radius 1 is 1.15 bits per heavy atom. The molecule has 0 spiro atoms. The minimum Gasteiger partial charge on any atom is -0.493 e. The van der Waals surface area contributed by atoms with Crippen LogP contribution in [0.5, 0.6) is 5.75 Å². The third kappa shape index (κ3) is 6.06. The number of amides is 1. The summed E-state index contributed by atoms with van der Waals surface area (Å²) < 4.78 is 48.1. The quantitative estimate of drug-likeness (QED) is 0.322. The molecule has 2 aliphatic heterocycles. The monoisotopic (exact) mass is 589 g/mol. The SMILES string of the molecule is COc1cc(-c2n[nH]c(-c3ncc(C4CCN(CCN5CCNC(=O)C5)CC4)s3)c2CC(F)(F)F)cn2ncnc12. The first kappa shape index (κ1) is 27.6. The van der Waals surface area contributed by atoms with Gasteiger partial charge in [0.1, 0.15) is 11.3 Å². The zero-order valence-electron chi connectivity index (χ0n) is 22.4. The topological polar surface area (TPSA) is 117 Å². The summed E-state index contributed by atoms with van der Waals surface area (Å²) in [7, 11) is 1.47. The summed E-state index contributed by atoms with van der Waals surface area (Å²) in [5.41, 5.74) is 1.36. The number of hydrogen-bond acceptors (Lipinski definition) is 9. The van der Waals surface area contributed by atoms with E-state index in [1.54, 1.807) is 18.5 Å². The lowest BCUT2D eigenvalue weighted by atomic mass is 9.96. The fourth-order valence-corrected chi connectivity index (χ4v) is 6.63. The maximum atomic E-state index is 13.8. The molecule has 0 bridgehead atoms. The van der Waals surface area contributed by atoms with Gasteiger partial charge < -0.3 is 15.0 Å². The number of halogens is 3. The Balaban J connectivity index is 1.18. The number of thiazole rings is 1. The van der Waals surface area contributed by atoms with Gasteiger partial charge in [-0.1, -0.05) is 0 Å². The summed E-state index contributed by atoms with van der Waals surface area (Å²) in [6.45, 7) is 5.66. The third-order valence-corrected chi connectivity index (χ3v) is 8.83. The Morgan fingerprint density at radius 3 is 2.71 bits per heavy atom. The fourth-order valence-electron chi connectivity index (χ4n) is 5.53. The van der Waals surface area contributed by atoms with Gasteiger partial charge >= 0.3 is 6.18 Å². The van der Waals surface area contributed by atoms with Crippen molar-refractivity contribution < 1.29 is 22.7 Å². The number of aromatic amines is 1. The first-order valence-corrected chi connectivity index (χ1v) is 14.3. The van der Waals surface area contributed by atoms with Crippen molar-refractivity contribution in [3.8, 4) is 27.7 Å². The molecule has 0 atom stereocenters. The van der Waals surface area contributed by atoms with Crippen molar-refractivity contribution in [1.82, 2.24) is 44.9 Å². The average molecular weight is 590 g/mol. The molecule has 0 saturated carbocycles. The lowest BCUT2D eigenvalue weighted by molar-refractivity contribution is -0.127. The smallest absolute Gasteiger partial charge is 0.393 e. The molecule has 0 aliphatic carbocycles.